The molecule has 0 aliphatic rings. The number of rotatable bonds is 2. The number of alkyl halides is 6. The van der Waals surface area contributed by atoms with Crippen molar-refractivity contribution in [2.75, 3.05) is 11.5 Å². The van der Waals surface area contributed by atoms with E-state index in [0.29, 0.717) is 0 Å². The quantitative estimate of drug-likeness (QED) is 0.543. The third-order valence-electron chi connectivity index (χ3n) is 0.681. The number of hydrogen-bond donors (Lipinski definition) is 2. The van der Waals surface area contributed by atoms with Crippen LogP contribution in [0, 0.1) is 0 Å². The third kappa shape index (κ3) is 36.0. The Morgan fingerprint density at radius 2 is 0.800 bits per heavy atom. The average Bonchev–Trinajstić information content (AvgIpc) is 1.64. The molecule has 0 heterocycles. The molecule has 0 aromatic rings. The van der Waals surface area contributed by atoms with Crippen LogP contribution >= 0.6 is 0 Å². The Morgan fingerprint density at radius 3 is 0.800 bits per heavy atom. The first-order valence-electron chi connectivity index (χ1n) is 3.42. The lowest BCUT2D eigenvalue weighted by atomic mass is 10.8. The predicted octanol–water partition coefficient (Wildman–Crippen LogP) is 0.940. The molecule has 0 aromatic heterocycles. The summed E-state index contributed by atoms with van der Waals surface area (Å²) in [5.74, 6) is -4.58. The van der Waals surface area contributed by atoms with Gasteiger partial charge in [-0.2, -0.15) is 26.3 Å². The van der Waals surface area contributed by atoms with Crippen molar-refractivity contribution in [3.8, 4) is 0 Å². The first-order valence-corrected chi connectivity index (χ1v) is 6.57. The Morgan fingerprint density at radius 1 is 0.650 bits per heavy atom. The normalized spacial score (nSPS) is 12.4. The Kier molecular flexibility index (Phi) is 11.8. The zero-order valence-electron chi connectivity index (χ0n) is 9.95. The third-order valence-corrected chi connectivity index (χ3v) is 2.04. The van der Waals surface area contributed by atoms with Crippen molar-refractivity contribution in [2.24, 2.45) is 0 Å². The monoisotopic (exact) mass is 362 g/mol. The lowest BCUT2D eigenvalue weighted by molar-refractivity contribution is -0.108. The molecule has 0 fully saturated rings. The van der Waals surface area contributed by atoms with Gasteiger partial charge in [-0.1, -0.05) is 0 Å². The molecule has 0 amide bonds. The topological polar surface area (TPSA) is 187 Å². The van der Waals surface area contributed by atoms with E-state index in [-0.39, 0.29) is 12.3 Å². The lowest BCUT2D eigenvalue weighted by Gasteiger charge is -2.08. The van der Waals surface area contributed by atoms with E-state index in [1.165, 1.54) is 0 Å². The molecular weight excluding hydrogens is 350 g/mol. The Balaban J connectivity index is -0.000000116. The van der Waals surface area contributed by atoms with Crippen LogP contribution in [0.1, 0.15) is 0 Å². The van der Waals surface area contributed by atoms with Crippen molar-refractivity contribution in [3.05, 3.63) is 0 Å². The maximum absolute atomic E-state index is 11.0. The Hall–Kier alpha value is -0.680. The summed E-state index contributed by atoms with van der Waals surface area (Å²) in [5.41, 5.74) is 0. The minimum atomic E-state index is -5.16. The van der Waals surface area contributed by atoms with Crippen molar-refractivity contribution in [1.82, 2.24) is 12.3 Å². The highest BCUT2D eigenvalue weighted by Gasteiger charge is 2.30. The van der Waals surface area contributed by atoms with Crippen LogP contribution in [0.4, 0.5) is 26.3 Å². The highest BCUT2D eigenvalue weighted by atomic mass is 32.2. The largest absolute Gasteiger partial charge is 0.748 e. The van der Waals surface area contributed by atoms with Gasteiger partial charge in [-0.15, -0.1) is 0 Å². The molecule has 0 aromatic carbocycles. The average molecular weight is 362 g/mol. The molecule has 20 heavy (non-hydrogen) atoms. The van der Waals surface area contributed by atoms with Gasteiger partial charge in [0.25, 0.3) is 0 Å². The molecule has 8 N–H and O–H groups in total. The van der Waals surface area contributed by atoms with Gasteiger partial charge in [0, 0.05) is 0 Å². The van der Waals surface area contributed by atoms with Gasteiger partial charge in [0.1, 0.15) is 31.7 Å². The zero-order valence-corrected chi connectivity index (χ0v) is 11.6. The van der Waals surface area contributed by atoms with E-state index < -0.39 is 44.1 Å². The minimum Gasteiger partial charge on any atom is -0.748 e. The van der Waals surface area contributed by atoms with E-state index >= 15 is 0 Å². The summed E-state index contributed by atoms with van der Waals surface area (Å²) in [6.45, 7) is 0. The van der Waals surface area contributed by atoms with Crippen LogP contribution in [-0.4, -0.2) is 49.8 Å². The molecule has 0 aliphatic heterocycles. The molecule has 128 valence electrons. The van der Waals surface area contributed by atoms with Crippen LogP contribution < -0.4 is 12.3 Å². The van der Waals surface area contributed by atoms with Gasteiger partial charge in [0.2, 0.25) is 0 Å². The molecule has 16 heteroatoms. The summed E-state index contributed by atoms with van der Waals surface area (Å²) in [4.78, 5) is 0. The van der Waals surface area contributed by atoms with Crippen LogP contribution in [0.2, 0.25) is 0 Å². The van der Waals surface area contributed by atoms with Gasteiger partial charge in [-0.05, 0) is 0 Å². The van der Waals surface area contributed by atoms with Crippen LogP contribution in [-0.2, 0) is 20.2 Å². The number of hydrogen-bond acceptors (Lipinski definition) is 6. The van der Waals surface area contributed by atoms with Crippen LogP contribution in [0.3, 0.4) is 0 Å². The summed E-state index contributed by atoms with van der Waals surface area (Å²) in [6, 6.07) is 0. The zero-order chi connectivity index (χ0) is 15.4. The van der Waals surface area contributed by atoms with E-state index in [0.717, 1.165) is 0 Å². The molecule has 0 atom stereocenters. The van der Waals surface area contributed by atoms with E-state index in [4.69, 9.17) is 0 Å². The number of halogens is 6. The SMILES string of the molecule is O=S(=O)([O-])CC(F)(F)F.O=S(=O)([O-])CC(F)(F)F.[NH4+].[NH4+]. The van der Waals surface area contributed by atoms with Gasteiger partial charge in [0.15, 0.2) is 0 Å². The molecule has 0 spiro atoms. The first-order chi connectivity index (χ1) is 7.41. The molecular formula is C4H12F6N2O6S2. The molecule has 0 saturated carbocycles. The first kappa shape index (κ1) is 27.6. The van der Waals surface area contributed by atoms with E-state index in [1.54, 1.807) is 0 Å². The summed E-state index contributed by atoms with van der Waals surface area (Å²) in [6.07, 6.45) is -9.83. The molecule has 0 aliphatic carbocycles. The van der Waals surface area contributed by atoms with Crippen LogP contribution in [0.15, 0.2) is 0 Å². The Labute approximate surface area is 109 Å². The number of quaternary nitrogens is 2. The second-order valence-corrected chi connectivity index (χ2v) is 5.44. The molecule has 0 unspecified atom stereocenters. The van der Waals surface area contributed by atoms with Crippen molar-refractivity contribution in [1.29, 1.82) is 0 Å². The molecule has 0 saturated heterocycles. The summed E-state index contributed by atoms with van der Waals surface area (Å²) < 4.78 is 122. The standard InChI is InChI=1S/2C2H3F3O3S.2H3N/c2*3-2(4,5)1-9(6,7)8;;/h2*1H2,(H,6,7,8);2*1H3. The van der Waals surface area contributed by atoms with Gasteiger partial charge < -0.3 is 21.4 Å². The second-order valence-electron chi connectivity index (χ2n) is 2.63. The maximum Gasteiger partial charge on any atom is 0.401 e. The lowest BCUT2D eigenvalue weighted by Crippen LogP contribution is -2.22. The fourth-order valence-electron chi connectivity index (χ4n) is 0.401. The molecule has 8 nitrogen and oxygen atoms in total. The smallest absolute Gasteiger partial charge is 0.401 e. The predicted molar refractivity (Wildman–Crippen MR) is 53.2 cm³/mol. The second kappa shape index (κ2) is 8.57. The van der Waals surface area contributed by atoms with E-state index in [1.807, 2.05) is 0 Å². The maximum atomic E-state index is 11.0. The van der Waals surface area contributed by atoms with Gasteiger partial charge in [0.05, 0.1) is 0 Å². The molecule has 0 bridgehead atoms. The van der Waals surface area contributed by atoms with Crippen molar-refractivity contribution < 1.29 is 52.3 Å². The highest BCUT2D eigenvalue weighted by Crippen LogP contribution is 2.16. The Bertz CT molecular complexity index is 409. The highest BCUT2D eigenvalue weighted by molar-refractivity contribution is 7.86. The van der Waals surface area contributed by atoms with Crippen molar-refractivity contribution in [3.63, 3.8) is 0 Å². The van der Waals surface area contributed by atoms with Gasteiger partial charge in [-0.25, -0.2) is 16.8 Å². The van der Waals surface area contributed by atoms with Gasteiger partial charge in [-0.3, -0.25) is 0 Å². The van der Waals surface area contributed by atoms with Crippen LogP contribution in [0.25, 0.3) is 0 Å². The molecule has 0 radical (unpaired) electrons. The minimum absolute atomic E-state index is 0. The fourth-order valence-corrected chi connectivity index (χ4v) is 1.20. The summed E-state index contributed by atoms with van der Waals surface area (Å²) in [7, 11) is -10.3. The molecule has 0 rings (SSSR count). The fraction of sp³-hybridized carbons (Fsp3) is 1.00. The van der Waals surface area contributed by atoms with Crippen LogP contribution in [0.5, 0.6) is 0 Å². The van der Waals surface area contributed by atoms with Crippen molar-refractivity contribution in [2.45, 2.75) is 12.4 Å². The van der Waals surface area contributed by atoms with Crippen molar-refractivity contribution >= 4 is 20.2 Å². The van der Waals surface area contributed by atoms with E-state index in [9.17, 15) is 52.3 Å². The van der Waals surface area contributed by atoms with E-state index in [2.05, 4.69) is 0 Å². The van der Waals surface area contributed by atoms with Gasteiger partial charge >= 0.3 is 12.4 Å². The summed E-state index contributed by atoms with van der Waals surface area (Å²) in [5, 5.41) is 0. The summed E-state index contributed by atoms with van der Waals surface area (Å²) >= 11 is 0.